The molecule has 4 nitrogen and oxygen atoms in total. The zero-order valence-corrected chi connectivity index (χ0v) is 20.2. The first-order valence-electron chi connectivity index (χ1n) is 10.9. The van der Waals surface area contributed by atoms with Crippen molar-refractivity contribution in [1.29, 1.82) is 0 Å². The van der Waals surface area contributed by atoms with E-state index in [0.29, 0.717) is 13.8 Å². The molecule has 34 heavy (non-hydrogen) atoms. The van der Waals surface area contributed by atoms with Gasteiger partial charge in [-0.3, -0.25) is 9.36 Å². The zero-order chi connectivity index (χ0) is 23.4. The first kappa shape index (κ1) is 21.3. The molecule has 0 bridgehead atoms. The Balaban J connectivity index is 1.62. The predicted octanol–water partition coefficient (Wildman–Crippen LogP) is 4.93. The Morgan fingerprint density at radius 2 is 1.88 bits per heavy atom. The quantitative estimate of drug-likeness (QED) is 0.398. The monoisotopic (exact) mass is 532 g/mol. The molecule has 2 aliphatic rings. The number of nitrogens with zero attached hydrogens (tertiary/aromatic N) is 2. The van der Waals surface area contributed by atoms with Gasteiger partial charge in [-0.2, -0.15) is 0 Å². The number of thiazole rings is 1. The van der Waals surface area contributed by atoms with Crippen LogP contribution >= 0.6 is 27.3 Å². The van der Waals surface area contributed by atoms with Crippen LogP contribution in [0.4, 0.5) is 4.39 Å². The van der Waals surface area contributed by atoms with Crippen molar-refractivity contribution in [2.45, 2.75) is 18.9 Å². The number of allylic oxidation sites excluding steroid dienone is 1. The average Bonchev–Trinajstić information content (AvgIpc) is 3.15. The fourth-order valence-electron chi connectivity index (χ4n) is 4.73. The van der Waals surface area contributed by atoms with Crippen LogP contribution in [0.2, 0.25) is 0 Å². The number of halogens is 2. The minimum Gasteiger partial charge on any atom is -0.507 e. The van der Waals surface area contributed by atoms with Gasteiger partial charge in [-0.25, -0.2) is 9.38 Å². The third kappa shape index (κ3) is 3.47. The molecule has 0 spiro atoms. The average molecular weight is 533 g/mol. The number of rotatable bonds is 2. The lowest BCUT2D eigenvalue weighted by molar-refractivity contribution is 0.472. The molecule has 4 aromatic rings. The largest absolute Gasteiger partial charge is 0.507 e. The van der Waals surface area contributed by atoms with Gasteiger partial charge in [0.1, 0.15) is 11.6 Å². The van der Waals surface area contributed by atoms with Gasteiger partial charge in [-0.1, -0.05) is 53.8 Å². The molecule has 0 saturated carbocycles. The minimum atomic E-state index is -0.339. The van der Waals surface area contributed by atoms with E-state index in [1.54, 1.807) is 34.9 Å². The van der Waals surface area contributed by atoms with Gasteiger partial charge < -0.3 is 5.11 Å². The second-order valence-corrected chi connectivity index (χ2v) is 10.2. The number of hydrogen-bond acceptors (Lipinski definition) is 4. The highest BCUT2D eigenvalue weighted by Crippen LogP contribution is 2.41. The Labute approximate surface area is 206 Å². The standard InChI is InChI=1S/C27H18BrFN2O2S/c28-21-13-15(5-12-22(21)32)14-23-26(33)31-25(17-6-9-18(29)10-7-17)20-11-8-16-3-1-2-4-19(16)24(20)30-27(31)34-23/h1-7,9-10,12-14,25,32H,8,11H2/b23-14+/t25-/m1/s1. The highest BCUT2D eigenvalue weighted by atomic mass is 79.9. The smallest absolute Gasteiger partial charge is 0.271 e. The lowest BCUT2D eigenvalue weighted by atomic mass is 9.83. The number of aryl methyl sites for hydroxylation is 1. The van der Waals surface area contributed by atoms with Crippen LogP contribution in [-0.2, 0) is 6.42 Å². The molecule has 1 N–H and O–H groups in total. The molecule has 1 atom stereocenters. The Bertz CT molecular complexity index is 1670. The van der Waals surface area contributed by atoms with E-state index >= 15 is 0 Å². The van der Waals surface area contributed by atoms with Gasteiger partial charge in [0.2, 0.25) is 0 Å². The Morgan fingerprint density at radius 1 is 1.09 bits per heavy atom. The molecule has 1 aromatic heterocycles. The third-order valence-electron chi connectivity index (χ3n) is 6.33. The van der Waals surface area contributed by atoms with Crippen LogP contribution in [0.3, 0.4) is 0 Å². The minimum absolute atomic E-state index is 0.132. The lowest BCUT2D eigenvalue weighted by Gasteiger charge is -2.30. The number of phenols is 1. The molecule has 0 amide bonds. The fraction of sp³-hybridized carbons (Fsp3) is 0.111. The van der Waals surface area contributed by atoms with Crippen LogP contribution in [0.25, 0.3) is 11.8 Å². The summed E-state index contributed by atoms with van der Waals surface area (Å²) >= 11 is 4.67. The van der Waals surface area contributed by atoms with Crippen LogP contribution in [0.15, 0.2) is 86.6 Å². The summed E-state index contributed by atoms with van der Waals surface area (Å²) in [5.41, 5.74) is 5.86. The highest BCUT2D eigenvalue weighted by molar-refractivity contribution is 9.10. The van der Waals surface area contributed by atoms with Crippen LogP contribution in [0, 0.1) is 5.82 Å². The topological polar surface area (TPSA) is 54.6 Å². The Kier molecular flexibility index (Phi) is 5.12. The summed E-state index contributed by atoms with van der Waals surface area (Å²) in [6.07, 6.45) is 3.47. The van der Waals surface area contributed by atoms with E-state index in [0.717, 1.165) is 40.8 Å². The summed E-state index contributed by atoms with van der Waals surface area (Å²) in [5, 5.41) is 9.80. The summed E-state index contributed by atoms with van der Waals surface area (Å²) in [4.78, 5) is 19.3. The Morgan fingerprint density at radius 3 is 2.68 bits per heavy atom. The van der Waals surface area contributed by atoms with Crippen LogP contribution < -0.4 is 14.9 Å². The lowest BCUT2D eigenvalue weighted by Crippen LogP contribution is -2.38. The van der Waals surface area contributed by atoms with Gasteiger partial charge in [0, 0.05) is 5.56 Å². The summed E-state index contributed by atoms with van der Waals surface area (Å²) in [6.45, 7) is 0. The van der Waals surface area contributed by atoms with Crippen molar-refractivity contribution in [2.75, 3.05) is 0 Å². The summed E-state index contributed by atoms with van der Waals surface area (Å²) in [7, 11) is 0. The SMILES string of the molecule is O=c1/c(=C\c2ccc(O)c(Br)c2)sc2n1[C@H](c1ccc(F)cc1)C1=C(N=2)c2ccccc2CC1. The van der Waals surface area contributed by atoms with E-state index in [9.17, 15) is 14.3 Å². The molecule has 7 heteroatoms. The van der Waals surface area contributed by atoms with E-state index in [-0.39, 0.29) is 23.2 Å². The van der Waals surface area contributed by atoms with Crippen molar-refractivity contribution in [2.24, 2.45) is 4.99 Å². The van der Waals surface area contributed by atoms with Crippen molar-refractivity contribution in [3.05, 3.63) is 125 Å². The van der Waals surface area contributed by atoms with E-state index in [4.69, 9.17) is 4.99 Å². The molecule has 2 heterocycles. The van der Waals surface area contributed by atoms with E-state index in [2.05, 4.69) is 28.1 Å². The third-order valence-corrected chi connectivity index (χ3v) is 7.95. The van der Waals surface area contributed by atoms with Crippen molar-refractivity contribution in [3.8, 4) is 5.75 Å². The number of aromatic nitrogens is 1. The van der Waals surface area contributed by atoms with Crippen molar-refractivity contribution >= 4 is 39.0 Å². The highest BCUT2D eigenvalue weighted by Gasteiger charge is 2.32. The maximum Gasteiger partial charge on any atom is 0.271 e. The van der Waals surface area contributed by atoms with Gasteiger partial charge in [0.15, 0.2) is 4.80 Å². The number of phenolic OH excluding ortho intramolecular Hbond substituents is 1. The summed E-state index contributed by atoms with van der Waals surface area (Å²) in [5.74, 6) is -0.168. The summed E-state index contributed by atoms with van der Waals surface area (Å²) < 4.78 is 16.6. The van der Waals surface area contributed by atoms with Gasteiger partial charge in [0.05, 0.1) is 20.7 Å². The molecule has 1 aliphatic heterocycles. The number of fused-ring (bicyclic) bond motifs is 3. The maximum absolute atomic E-state index is 13.7. The molecular weight excluding hydrogens is 515 g/mol. The van der Waals surface area contributed by atoms with E-state index in [1.165, 1.54) is 29.0 Å². The molecule has 168 valence electrons. The fourth-order valence-corrected chi connectivity index (χ4v) is 6.13. The maximum atomic E-state index is 13.7. The number of hydrogen-bond donors (Lipinski definition) is 1. The zero-order valence-electron chi connectivity index (χ0n) is 17.8. The predicted molar refractivity (Wildman–Crippen MR) is 135 cm³/mol. The van der Waals surface area contributed by atoms with Gasteiger partial charge >= 0.3 is 0 Å². The van der Waals surface area contributed by atoms with Gasteiger partial charge in [-0.05, 0) is 81.4 Å². The van der Waals surface area contributed by atoms with Crippen molar-refractivity contribution in [3.63, 3.8) is 0 Å². The molecule has 3 aromatic carbocycles. The first-order valence-corrected chi connectivity index (χ1v) is 12.5. The number of benzene rings is 3. The molecule has 6 rings (SSSR count). The van der Waals surface area contributed by atoms with Crippen molar-refractivity contribution < 1.29 is 9.50 Å². The van der Waals surface area contributed by atoms with E-state index < -0.39 is 0 Å². The van der Waals surface area contributed by atoms with Gasteiger partial charge in [0.25, 0.3) is 5.56 Å². The van der Waals surface area contributed by atoms with Crippen molar-refractivity contribution in [1.82, 2.24) is 4.57 Å². The van der Waals surface area contributed by atoms with Crippen LogP contribution in [0.5, 0.6) is 5.75 Å². The second-order valence-electron chi connectivity index (χ2n) is 8.38. The van der Waals surface area contributed by atoms with Gasteiger partial charge in [-0.15, -0.1) is 0 Å². The molecule has 0 fully saturated rings. The molecular formula is C27H18BrFN2O2S. The second kappa shape index (κ2) is 8.18. The molecule has 0 saturated heterocycles. The first-order chi connectivity index (χ1) is 16.5. The number of aromatic hydroxyl groups is 1. The molecule has 1 aliphatic carbocycles. The Hall–Kier alpha value is -3.29. The molecule has 0 radical (unpaired) electrons. The summed E-state index contributed by atoms with van der Waals surface area (Å²) in [6, 6.07) is 19.4. The normalized spacial score (nSPS) is 17.1. The van der Waals surface area contributed by atoms with Crippen LogP contribution in [0.1, 0.15) is 34.7 Å². The van der Waals surface area contributed by atoms with Crippen LogP contribution in [-0.4, -0.2) is 9.67 Å². The van der Waals surface area contributed by atoms with E-state index in [1.807, 2.05) is 18.2 Å². The molecule has 0 unspecified atom stereocenters.